The summed E-state index contributed by atoms with van der Waals surface area (Å²) >= 11 is 0. The highest BCUT2D eigenvalue weighted by Gasteiger charge is 2.24. The first-order valence-corrected chi connectivity index (χ1v) is 7.96. The summed E-state index contributed by atoms with van der Waals surface area (Å²) in [7, 11) is -1.09. The summed E-state index contributed by atoms with van der Waals surface area (Å²) in [5, 5.41) is 0. The largest absolute Gasteiger partial charge is 0.417 e. The average Bonchev–Trinajstić information content (AvgIpc) is 2.70. The predicted octanol–water partition coefficient (Wildman–Crippen LogP) is 3.17. The first-order chi connectivity index (χ1) is 5.21. The molecule has 2 aliphatic rings. The molecule has 2 fully saturated rings. The number of hydrogen-bond acceptors (Lipinski definition) is 1. The summed E-state index contributed by atoms with van der Waals surface area (Å²) in [5.74, 6) is 0. The first-order valence-electron chi connectivity index (χ1n) is 4.85. The maximum absolute atomic E-state index is 5.60. The fourth-order valence-electron chi connectivity index (χ4n) is 1.07. The van der Waals surface area contributed by atoms with Gasteiger partial charge in [0.1, 0.15) is 0 Å². The average molecular weight is 172 g/mol. The van der Waals surface area contributed by atoms with E-state index in [-0.39, 0.29) is 0 Å². The van der Waals surface area contributed by atoms with Crippen LogP contribution in [0.3, 0.4) is 0 Å². The molecule has 0 aromatic heterocycles. The van der Waals surface area contributed by atoms with Crippen LogP contribution >= 0.6 is 0 Å². The van der Waals surface area contributed by atoms with Crippen molar-refractivity contribution < 1.29 is 4.43 Å². The van der Waals surface area contributed by atoms with Gasteiger partial charge in [0.2, 0.25) is 0 Å². The van der Waals surface area contributed by atoms with Crippen molar-refractivity contribution in [1.82, 2.24) is 0 Å². The summed E-state index contributed by atoms with van der Waals surface area (Å²) < 4.78 is 5.60. The Hall–Kier alpha value is 0.177. The number of rotatable bonds is 0. The van der Waals surface area contributed by atoms with E-state index in [1.807, 2.05) is 0 Å². The van der Waals surface area contributed by atoms with Crippen LogP contribution in [0.5, 0.6) is 0 Å². The number of hydrogen-bond donors (Lipinski definition) is 0. The summed E-state index contributed by atoms with van der Waals surface area (Å²) in [4.78, 5) is 0. The summed E-state index contributed by atoms with van der Waals surface area (Å²) in [5.41, 5.74) is 0. The molecular weight excluding hydrogens is 152 g/mol. The molecule has 2 heteroatoms. The molecule has 0 aromatic rings. The molecule has 0 bridgehead atoms. The highest BCUT2D eigenvalue weighted by atomic mass is 28.4. The predicted molar refractivity (Wildman–Crippen MR) is 51.3 cm³/mol. The second-order valence-electron chi connectivity index (χ2n) is 4.13. The van der Waals surface area contributed by atoms with Gasteiger partial charge in [-0.25, -0.2) is 0 Å². The van der Waals surface area contributed by atoms with Crippen LogP contribution in [-0.2, 0) is 4.43 Å². The molecule has 11 heavy (non-hydrogen) atoms. The fraction of sp³-hybridized carbons (Fsp3) is 1.00. The van der Waals surface area contributed by atoms with Gasteiger partial charge in [-0.3, -0.25) is 0 Å². The van der Waals surface area contributed by atoms with E-state index in [1.54, 1.807) is 0 Å². The normalized spacial score (nSPS) is 26.7. The van der Waals surface area contributed by atoms with Gasteiger partial charge in [-0.15, -0.1) is 0 Å². The van der Waals surface area contributed by atoms with Gasteiger partial charge in [0, 0.05) is 6.61 Å². The van der Waals surface area contributed by atoms with Crippen molar-refractivity contribution in [3.63, 3.8) is 0 Å². The minimum atomic E-state index is -1.09. The molecule has 1 nitrogen and oxygen atoms in total. The minimum Gasteiger partial charge on any atom is -0.417 e. The van der Waals surface area contributed by atoms with Gasteiger partial charge < -0.3 is 4.43 Å². The molecule has 0 aromatic carbocycles. The van der Waals surface area contributed by atoms with Crippen LogP contribution in [0.2, 0.25) is 19.1 Å². The molecule has 1 saturated carbocycles. The van der Waals surface area contributed by atoms with E-state index in [0.29, 0.717) is 0 Å². The van der Waals surface area contributed by atoms with Gasteiger partial charge in [0.15, 0.2) is 8.32 Å². The molecule has 0 spiro atoms. The van der Waals surface area contributed by atoms with Gasteiger partial charge in [-0.1, -0.05) is 25.7 Å². The first kappa shape index (κ1) is 9.27. The lowest BCUT2D eigenvalue weighted by molar-refractivity contribution is 0.275. The van der Waals surface area contributed by atoms with Crippen molar-refractivity contribution in [3.8, 4) is 0 Å². The molecule has 0 radical (unpaired) electrons. The van der Waals surface area contributed by atoms with Crippen LogP contribution in [0.15, 0.2) is 0 Å². The van der Waals surface area contributed by atoms with E-state index < -0.39 is 8.32 Å². The van der Waals surface area contributed by atoms with Crippen LogP contribution in [-0.4, -0.2) is 14.9 Å². The lowest BCUT2D eigenvalue weighted by Crippen LogP contribution is -2.33. The summed E-state index contributed by atoms with van der Waals surface area (Å²) in [6, 6.07) is 1.37. The van der Waals surface area contributed by atoms with Gasteiger partial charge in [0.05, 0.1) is 0 Å². The van der Waals surface area contributed by atoms with Gasteiger partial charge in [-0.05, 0) is 25.6 Å². The molecule has 0 unspecified atom stereocenters. The van der Waals surface area contributed by atoms with E-state index in [9.17, 15) is 0 Å². The third kappa shape index (κ3) is 5.45. The lowest BCUT2D eigenvalue weighted by atomic mass is 10.4. The van der Waals surface area contributed by atoms with Gasteiger partial charge in [-0.2, -0.15) is 0 Å². The van der Waals surface area contributed by atoms with Crippen LogP contribution in [0.4, 0.5) is 0 Å². The highest BCUT2D eigenvalue weighted by molar-refractivity contribution is 6.71. The second-order valence-corrected chi connectivity index (χ2v) is 8.43. The van der Waals surface area contributed by atoms with Crippen molar-refractivity contribution in [1.29, 1.82) is 0 Å². The Kier molecular flexibility index (Phi) is 3.59. The Morgan fingerprint density at radius 2 is 1.55 bits per heavy atom. The molecule has 2 rings (SSSR count). The fourth-order valence-corrected chi connectivity index (χ4v) is 3.02. The van der Waals surface area contributed by atoms with Crippen LogP contribution in [0, 0.1) is 0 Å². The molecule has 0 amide bonds. The lowest BCUT2D eigenvalue weighted by Gasteiger charge is -2.27. The standard InChI is InChI=1S/C6H14OSi.C3H6/c1-8(2)6-4-3-5-7-8;1-2-3-1/h3-6H2,1-2H3;1-3H2. The van der Waals surface area contributed by atoms with Crippen LogP contribution in [0.1, 0.15) is 32.1 Å². The van der Waals surface area contributed by atoms with Crippen molar-refractivity contribution >= 4 is 8.32 Å². The Bertz CT molecular complexity index is 99.4. The minimum absolute atomic E-state index is 1.03. The van der Waals surface area contributed by atoms with Crippen molar-refractivity contribution in [2.45, 2.75) is 51.2 Å². The second kappa shape index (κ2) is 4.26. The molecule has 0 atom stereocenters. The smallest absolute Gasteiger partial charge is 0.186 e. The van der Waals surface area contributed by atoms with Gasteiger partial charge in [0.25, 0.3) is 0 Å². The van der Waals surface area contributed by atoms with E-state index >= 15 is 0 Å². The van der Waals surface area contributed by atoms with E-state index in [2.05, 4.69) is 13.1 Å². The van der Waals surface area contributed by atoms with Crippen molar-refractivity contribution in [3.05, 3.63) is 0 Å². The molecule has 1 aliphatic heterocycles. The highest BCUT2D eigenvalue weighted by Crippen LogP contribution is 2.20. The van der Waals surface area contributed by atoms with Crippen LogP contribution in [0.25, 0.3) is 0 Å². The van der Waals surface area contributed by atoms with E-state index in [0.717, 1.165) is 6.61 Å². The quantitative estimate of drug-likeness (QED) is 0.510. The molecule has 0 N–H and O–H groups in total. The summed E-state index contributed by atoms with van der Waals surface area (Å²) in [6.45, 7) is 5.62. The molecular formula is C9H20OSi. The zero-order valence-electron chi connectivity index (χ0n) is 7.86. The topological polar surface area (TPSA) is 9.23 Å². The third-order valence-corrected chi connectivity index (χ3v) is 4.56. The van der Waals surface area contributed by atoms with Crippen LogP contribution < -0.4 is 0 Å². The Labute approximate surface area is 71.3 Å². The van der Waals surface area contributed by atoms with E-state index in [4.69, 9.17) is 4.43 Å². The Balaban J connectivity index is 0.000000167. The third-order valence-electron chi connectivity index (χ3n) is 2.02. The van der Waals surface area contributed by atoms with Crippen molar-refractivity contribution in [2.75, 3.05) is 6.61 Å². The zero-order chi connectivity index (χ0) is 8.16. The zero-order valence-corrected chi connectivity index (χ0v) is 8.86. The Morgan fingerprint density at radius 1 is 0.909 bits per heavy atom. The molecule has 1 aliphatic carbocycles. The monoisotopic (exact) mass is 172 g/mol. The molecule has 1 saturated heterocycles. The Morgan fingerprint density at radius 3 is 1.73 bits per heavy atom. The molecule has 1 heterocycles. The molecule has 66 valence electrons. The SMILES string of the molecule is C1CC1.C[Si]1(C)CCCCO1. The van der Waals surface area contributed by atoms with Crippen molar-refractivity contribution in [2.24, 2.45) is 0 Å². The maximum Gasteiger partial charge on any atom is 0.186 e. The van der Waals surface area contributed by atoms with Gasteiger partial charge >= 0.3 is 0 Å². The maximum atomic E-state index is 5.60. The summed E-state index contributed by atoms with van der Waals surface area (Å²) in [6.07, 6.45) is 7.19. The van der Waals surface area contributed by atoms with E-state index in [1.165, 1.54) is 38.1 Å².